The van der Waals surface area contributed by atoms with Gasteiger partial charge in [-0.1, -0.05) is 0 Å². The molecule has 1 spiro atoms. The van der Waals surface area contributed by atoms with Crippen molar-refractivity contribution in [2.24, 2.45) is 5.41 Å². The summed E-state index contributed by atoms with van der Waals surface area (Å²) in [6.07, 6.45) is -5.91. The van der Waals surface area contributed by atoms with Crippen molar-refractivity contribution in [2.45, 2.75) is 39.0 Å². The summed E-state index contributed by atoms with van der Waals surface area (Å²) in [5.41, 5.74) is 4.99. The molecule has 3 aromatic heterocycles. The second-order valence-electron chi connectivity index (χ2n) is 10.7. The molecule has 0 amide bonds. The fraction of sp³-hybridized carbons (Fsp3) is 0.407. The summed E-state index contributed by atoms with van der Waals surface area (Å²) in [7, 11) is 0. The van der Waals surface area contributed by atoms with Crippen LogP contribution in [0.15, 0.2) is 30.5 Å². The lowest BCUT2D eigenvalue weighted by Crippen LogP contribution is -2.60. The monoisotopic (exact) mass is 645 g/mol. The molecule has 0 saturated carbocycles. The minimum Gasteiger partial charge on any atom is -0.475 e. The van der Waals surface area contributed by atoms with Crippen LogP contribution >= 0.6 is 0 Å². The van der Waals surface area contributed by atoms with Crippen LogP contribution in [0.1, 0.15) is 24.1 Å². The zero-order valence-electron chi connectivity index (χ0n) is 23.7. The van der Waals surface area contributed by atoms with Crippen LogP contribution in [0.2, 0.25) is 0 Å². The van der Waals surface area contributed by atoms with E-state index in [-0.39, 0.29) is 5.82 Å². The number of nitrogens with one attached hydrogen (secondary N) is 1. The number of benzene rings is 1. The maximum Gasteiger partial charge on any atom is 0.490 e. The van der Waals surface area contributed by atoms with Gasteiger partial charge >= 0.3 is 24.3 Å². The number of imidazole rings is 1. The van der Waals surface area contributed by atoms with Crippen molar-refractivity contribution in [3.63, 3.8) is 0 Å². The first-order chi connectivity index (χ1) is 20.9. The van der Waals surface area contributed by atoms with Crippen molar-refractivity contribution >= 4 is 34.3 Å². The van der Waals surface area contributed by atoms with Gasteiger partial charge in [-0.3, -0.25) is 0 Å². The number of aliphatic carboxylic acids is 2. The molecule has 4 aromatic rings. The van der Waals surface area contributed by atoms with E-state index in [1.165, 1.54) is 18.9 Å². The highest BCUT2D eigenvalue weighted by atomic mass is 19.4. The number of aryl methyl sites for hydroxylation is 2. The summed E-state index contributed by atoms with van der Waals surface area (Å²) in [6, 6.07) is 7.16. The van der Waals surface area contributed by atoms with E-state index in [0.717, 1.165) is 48.9 Å². The molecule has 18 heteroatoms. The summed E-state index contributed by atoms with van der Waals surface area (Å²) in [5.74, 6) is -5.06. The average molecular weight is 646 g/mol. The van der Waals surface area contributed by atoms with Gasteiger partial charge in [0.1, 0.15) is 5.82 Å². The summed E-state index contributed by atoms with van der Waals surface area (Å²) in [6.45, 7) is 8.02. The van der Waals surface area contributed by atoms with Crippen LogP contribution in [-0.4, -0.2) is 85.5 Å². The highest BCUT2D eigenvalue weighted by molar-refractivity contribution is 5.86. The third-order valence-electron chi connectivity index (χ3n) is 7.19. The molecule has 0 radical (unpaired) electrons. The number of anilines is 1. The molecule has 0 unspecified atom stereocenters. The third kappa shape index (κ3) is 7.73. The van der Waals surface area contributed by atoms with Crippen LogP contribution in [0.4, 0.5) is 36.6 Å². The second kappa shape index (κ2) is 12.4. The van der Waals surface area contributed by atoms with Crippen molar-refractivity contribution < 1.29 is 50.5 Å². The number of hydrogen-bond acceptors (Lipinski definition) is 8. The second-order valence-corrected chi connectivity index (χ2v) is 10.7. The number of halogens is 7. The van der Waals surface area contributed by atoms with Crippen LogP contribution in [0, 0.1) is 25.1 Å². The van der Waals surface area contributed by atoms with Gasteiger partial charge in [0, 0.05) is 29.5 Å². The van der Waals surface area contributed by atoms with E-state index in [1.54, 1.807) is 4.52 Å². The fourth-order valence-corrected chi connectivity index (χ4v) is 4.98. The predicted octanol–water partition coefficient (Wildman–Crippen LogP) is 4.55. The van der Waals surface area contributed by atoms with Crippen LogP contribution in [0.5, 0.6) is 0 Å². The maximum atomic E-state index is 15.1. The zero-order valence-corrected chi connectivity index (χ0v) is 23.7. The van der Waals surface area contributed by atoms with E-state index in [1.807, 2.05) is 38.2 Å². The average Bonchev–Trinajstić information content (AvgIpc) is 3.32. The van der Waals surface area contributed by atoms with Crippen LogP contribution in [0.3, 0.4) is 0 Å². The molecule has 2 aliphatic rings. The number of aromatic nitrogens is 5. The molecule has 45 heavy (non-hydrogen) atoms. The maximum absolute atomic E-state index is 15.1. The smallest absolute Gasteiger partial charge is 0.475 e. The minimum absolute atomic E-state index is 0.304. The Bertz CT molecular complexity index is 1700. The van der Waals surface area contributed by atoms with Crippen molar-refractivity contribution in [1.29, 1.82) is 0 Å². The Morgan fingerprint density at radius 1 is 0.911 bits per heavy atom. The Kier molecular flexibility index (Phi) is 9.18. The van der Waals surface area contributed by atoms with Crippen molar-refractivity contribution in [3.05, 3.63) is 47.5 Å². The molecule has 0 bridgehead atoms. The van der Waals surface area contributed by atoms with E-state index in [4.69, 9.17) is 19.8 Å². The molecule has 1 aromatic carbocycles. The van der Waals surface area contributed by atoms with Gasteiger partial charge in [0.05, 0.1) is 23.1 Å². The molecule has 2 saturated heterocycles. The van der Waals surface area contributed by atoms with E-state index >= 15 is 4.39 Å². The molecular formula is C27H26F7N7O4. The number of fused-ring (bicyclic) bond motifs is 2. The zero-order chi connectivity index (χ0) is 33.3. The number of carbonyl (C=O) groups is 2. The first-order valence-corrected chi connectivity index (χ1v) is 13.3. The highest BCUT2D eigenvalue weighted by Crippen LogP contribution is 2.41. The molecule has 2 fully saturated rings. The third-order valence-corrected chi connectivity index (χ3v) is 7.19. The van der Waals surface area contributed by atoms with Gasteiger partial charge < -0.3 is 20.4 Å². The van der Waals surface area contributed by atoms with Gasteiger partial charge in [0.15, 0.2) is 11.5 Å². The molecule has 0 atom stereocenters. The predicted molar refractivity (Wildman–Crippen MR) is 145 cm³/mol. The summed E-state index contributed by atoms with van der Waals surface area (Å²) >= 11 is 0. The molecule has 6 rings (SSSR count). The number of hydrogen-bond donors (Lipinski definition) is 3. The summed E-state index contributed by atoms with van der Waals surface area (Å²) in [4.78, 5) is 24.5. The van der Waals surface area contributed by atoms with Crippen molar-refractivity contribution in [2.75, 3.05) is 31.1 Å². The lowest BCUT2D eigenvalue weighted by molar-refractivity contribution is -0.193. The molecule has 242 valence electrons. The van der Waals surface area contributed by atoms with E-state index in [9.17, 15) is 26.3 Å². The first-order valence-electron chi connectivity index (χ1n) is 13.3. The molecular weight excluding hydrogens is 619 g/mol. The fourth-order valence-electron chi connectivity index (χ4n) is 4.98. The first kappa shape index (κ1) is 33.3. The summed E-state index contributed by atoms with van der Waals surface area (Å²) < 4.78 is 80.3. The van der Waals surface area contributed by atoms with E-state index in [0.29, 0.717) is 27.6 Å². The van der Waals surface area contributed by atoms with Crippen LogP contribution in [0.25, 0.3) is 27.8 Å². The van der Waals surface area contributed by atoms with E-state index < -0.39 is 24.3 Å². The summed E-state index contributed by atoms with van der Waals surface area (Å²) in [5, 5.41) is 31.6. The minimum atomic E-state index is -5.08. The Balaban J connectivity index is 0.000000277. The van der Waals surface area contributed by atoms with E-state index in [2.05, 4.69) is 30.5 Å². The number of carboxylic acid groups (broad SMARTS) is 2. The highest BCUT2D eigenvalue weighted by Gasteiger charge is 2.44. The van der Waals surface area contributed by atoms with Gasteiger partial charge in [0.25, 0.3) is 0 Å². The SMILES string of the molecule is Cc1cn2nc(-c3cc(F)c4cc(N5CC6(CCNCC6)C5)nnc4c3)cc(C)c2n1.O=C(O)C(F)(F)F.O=C(O)C(F)(F)F. The van der Waals surface area contributed by atoms with Gasteiger partial charge in [0.2, 0.25) is 0 Å². The Morgan fingerprint density at radius 3 is 2.04 bits per heavy atom. The lowest BCUT2D eigenvalue weighted by Gasteiger charge is -2.52. The normalized spacial score (nSPS) is 16.0. The molecule has 0 aliphatic carbocycles. The van der Waals surface area contributed by atoms with Gasteiger partial charge in [-0.05, 0) is 69.6 Å². The number of alkyl halides is 6. The number of nitrogens with zero attached hydrogens (tertiary/aromatic N) is 6. The van der Waals surface area contributed by atoms with Gasteiger partial charge in [-0.15, -0.1) is 10.2 Å². The number of carboxylic acids is 2. The molecule has 5 heterocycles. The molecule has 11 nitrogen and oxygen atoms in total. The number of rotatable bonds is 2. The molecule has 3 N–H and O–H groups in total. The standard InChI is InChI=1S/C23H24FN7.2C2HF3O2/c1-14-7-19(29-31-11-15(2)26-22(14)31)16-8-18(24)17-10-21(28-27-20(17)9-16)30-12-23(13-30)3-5-25-6-4-23;2*3-2(4,5)1(6)7/h7-11,25H,3-6,12-13H2,1-2H3;2*(H,6,7). The van der Waals surface area contributed by atoms with Gasteiger partial charge in [-0.2, -0.15) is 31.4 Å². The Hall–Kier alpha value is -4.61. The van der Waals surface area contributed by atoms with Crippen LogP contribution in [-0.2, 0) is 9.59 Å². The van der Waals surface area contributed by atoms with Crippen molar-refractivity contribution in [1.82, 2.24) is 30.1 Å². The van der Waals surface area contributed by atoms with Crippen LogP contribution < -0.4 is 10.2 Å². The lowest BCUT2D eigenvalue weighted by atomic mass is 9.72. The van der Waals surface area contributed by atoms with Gasteiger partial charge in [-0.25, -0.2) is 23.5 Å². The largest absolute Gasteiger partial charge is 0.490 e. The van der Waals surface area contributed by atoms with Crippen molar-refractivity contribution in [3.8, 4) is 11.3 Å². The molecule has 2 aliphatic heterocycles. The Labute approximate surface area is 249 Å². The topological polar surface area (TPSA) is 146 Å². The number of piperidine rings is 1. The Morgan fingerprint density at radius 2 is 1.49 bits per heavy atom. The quantitative estimate of drug-likeness (QED) is 0.266.